The van der Waals surface area contributed by atoms with Gasteiger partial charge in [-0.2, -0.15) is 10.4 Å². The van der Waals surface area contributed by atoms with Gasteiger partial charge in [-0.05, 0) is 94.3 Å². The van der Waals surface area contributed by atoms with E-state index >= 15 is 0 Å². The van der Waals surface area contributed by atoms with E-state index in [0.29, 0.717) is 41.6 Å². The van der Waals surface area contributed by atoms with E-state index in [0.717, 1.165) is 44.9 Å². The number of hydrogen-bond acceptors (Lipinski definition) is 5. The molecule has 0 aliphatic heterocycles. The van der Waals surface area contributed by atoms with Gasteiger partial charge in [-0.15, -0.1) is 0 Å². The minimum atomic E-state index is -1.31. The molecule has 1 aromatic heterocycles. The van der Waals surface area contributed by atoms with Crippen LogP contribution in [0.25, 0.3) is 0 Å². The second-order valence-electron chi connectivity index (χ2n) is 11.5. The zero-order chi connectivity index (χ0) is 22.0. The molecule has 5 rings (SSSR count). The van der Waals surface area contributed by atoms with Gasteiger partial charge in [-0.3, -0.25) is 9.48 Å². The number of carbonyl (C=O) groups is 1. The smallest absolute Gasteiger partial charge is 0.186 e. The Kier molecular flexibility index (Phi) is 4.88. The molecule has 0 bridgehead atoms. The maximum atomic E-state index is 13.3. The minimum Gasteiger partial charge on any atom is -0.390 e. The van der Waals surface area contributed by atoms with E-state index < -0.39 is 11.2 Å². The molecule has 0 radical (unpaired) electrons. The Hall–Kier alpha value is -1.71. The van der Waals surface area contributed by atoms with Crippen LogP contribution in [0.2, 0.25) is 0 Å². The first-order valence-electron chi connectivity index (χ1n) is 12.1. The zero-order valence-corrected chi connectivity index (χ0v) is 18.8. The van der Waals surface area contributed by atoms with E-state index in [1.807, 2.05) is 13.0 Å². The maximum Gasteiger partial charge on any atom is 0.186 e. The summed E-state index contributed by atoms with van der Waals surface area (Å²) in [5, 5.41) is 35.4. The highest BCUT2D eigenvalue weighted by atomic mass is 16.3. The summed E-state index contributed by atoms with van der Waals surface area (Å²) < 4.78 is 1.49. The molecule has 6 heteroatoms. The van der Waals surface area contributed by atoms with Crippen LogP contribution in [0.4, 0.5) is 0 Å². The largest absolute Gasteiger partial charge is 0.390 e. The number of Topliss-reactive ketones (excluding diaryl/α,β-unsaturated/α-hetero) is 1. The van der Waals surface area contributed by atoms with Crippen molar-refractivity contribution in [1.82, 2.24) is 9.78 Å². The minimum absolute atomic E-state index is 0.0222. The molecule has 0 aromatic carbocycles. The highest BCUT2D eigenvalue weighted by molar-refractivity contribution is 5.88. The Morgan fingerprint density at radius 1 is 1.13 bits per heavy atom. The van der Waals surface area contributed by atoms with Gasteiger partial charge in [0.15, 0.2) is 5.78 Å². The number of rotatable bonds is 3. The predicted octanol–water partition coefficient (Wildman–Crippen LogP) is 3.46. The van der Waals surface area contributed by atoms with Gasteiger partial charge in [-0.1, -0.05) is 6.92 Å². The molecule has 0 saturated heterocycles. The van der Waals surface area contributed by atoms with E-state index in [4.69, 9.17) is 5.26 Å². The fourth-order valence-electron chi connectivity index (χ4n) is 8.34. The normalized spacial score (nSPS) is 46.5. The summed E-state index contributed by atoms with van der Waals surface area (Å²) in [5.74, 6) is 2.81. The number of aliphatic hydroxyl groups is 2. The van der Waals surface area contributed by atoms with Gasteiger partial charge in [0.25, 0.3) is 0 Å². The van der Waals surface area contributed by atoms with Crippen LogP contribution < -0.4 is 0 Å². The van der Waals surface area contributed by atoms with E-state index in [1.165, 1.54) is 17.3 Å². The molecule has 0 spiro atoms. The molecular weight excluding hydrogens is 390 g/mol. The highest BCUT2D eigenvalue weighted by Crippen LogP contribution is 2.65. The molecule has 6 nitrogen and oxygen atoms in total. The van der Waals surface area contributed by atoms with Crippen LogP contribution in [-0.2, 0) is 11.3 Å². The molecule has 4 aliphatic carbocycles. The summed E-state index contributed by atoms with van der Waals surface area (Å²) in [4.78, 5) is 13.3. The van der Waals surface area contributed by atoms with Gasteiger partial charge in [0.1, 0.15) is 18.2 Å². The molecule has 8 atom stereocenters. The standard InChI is InChI=1S/C25H35N3O3/c1-23(30)8-5-18-17(11-23)3-4-20-19(18)6-9-24(2)21(20)7-10-25(24,31)22(29)15-28-14-16(12-26)13-27-28/h13-14,17-21,30-31H,3-11,15H2,1-2H3/t17-,18+,19-,20-,21+,23-,24+,25+/m1/s1. The number of ketones is 1. The van der Waals surface area contributed by atoms with Crippen LogP contribution in [0.15, 0.2) is 12.4 Å². The van der Waals surface area contributed by atoms with Crippen molar-refractivity contribution in [2.24, 2.45) is 35.0 Å². The van der Waals surface area contributed by atoms with Crippen LogP contribution >= 0.6 is 0 Å². The first-order chi connectivity index (χ1) is 14.7. The number of nitrogens with zero attached hydrogens (tertiary/aromatic N) is 3. The summed E-state index contributed by atoms with van der Waals surface area (Å²) in [6, 6.07) is 2.04. The zero-order valence-electron chi connectivity index (χ0n) is 18.8. The Morgan fingerprint density at radius 3 is 2.65 bits per heavy atom. The van der Waals surface area contributed by atoms with Crippen LogP contribution in [-0.4, -0.2) is 37.0 Å². The molecule has 1 heterocycles. The van der Waals surface area contributed by atoms with E-state index in [2.05, 4.69) is 12.0 Å². The van der Waals surface area contributed by atoms with Gasteiger partial charge in [0.2, 0.25) is 0 Å². The summed E-state index contributed by atoms with van der Waals surface area (Å²) >= 11 is 0. The van der Waals surface area contributed by atoms with Gasteiger partial charge in [0, 0.05) is 11.6 Å². The van der Waals surface area contributed by atoms with Crippen LogP contribution in [0.5, 0.6) is 0 Å². The number of carbonyl (C=O) groups excluding carboxylic acids is 1. The summed E-state index contributed by atoms with van der Waals surface area (Å²) in [7, 11) is 0. The lowest BCUT2D eigenvalue weighted by atomic mass is 9.48. The first-order valence-corrected chi connectivity index (χ1v) is 12.1. The molecular formula is C25H35N3O3. The van der Waals surface area contributed by atoms with Crippen molar-refractivity contribution < 1.29 is 15.0 Å². The fraction of sp³-hybridized carbons (Fsp3) is 0.800. The van der Waals surface area contributed by atoms with Crippen LogP contribution in [0.1, 0.15) is 77.2 Å². The topological polar surface area (TPSA) is 99.1 Å². The number of fused-ring (bicyclic) bond motifs is 5. The van der Waals surface area contributed by atoms with Crippen molar-refractivity contribution in [2.75, 3.05) is 0 Å². The van der Waals surface area contributed by atoms with E-state index in [1.54, 1.807) is 6.20 Å². The first kappa shape index (κ1) is 21.2. The van der Waals surface area contributed by atoms with Crippen LogP contribution in [0.3, 0.4) is 0 Å². The number of hydrogen-bond donors (Lipinski definition) is 2. The van der Waals surface area contributed by atoms with Gasteiger partial charge >= 0.3 is 0 Å². The molecule has 4 aliphatic rings. The second-order valence-corrected chi connectivity index (χ2v) is 11.5. The van der Waals surface area contributed by atoms with Crippen molar-refractivity contribution in [3.05, 3.63) is 18.0 Å². The van der Waals surface area contributed by atoms with Crippen molar-refractivity contribution >= 4 is 5.78 Å². The SMILES string of the molecule is C[C@@]1(O)CC[C@H]2[C@H](CC[C@@H]3[C@@H]2CC[C@@]2(C)[C@H]3CC[C@]2(O)C(=O)Cn2cc(C#N)cn2)C1. The lowest BCUT2D eigenvalue weighted by Gasteiger charge is -2.57. The van der Waals surface area contributed by atoms with Crippen molar-refractivity contribution in [3.8, 4) is 6.07 Å². The molecule has 1 aromatic rings. The maximum absolute atomic E-state index is 13.3. The Morgan fingerprint density at radius 2 is 1.90 bits per heavy atom. The molecule has 4 fully saturated rings. The quantitative estimate of drug-likeness (QED) is 0.773. The van der Waals surface area contributed by atoms with E-state index in [-0.39, 0.29) is 17.7 Å². The Bertz CT molecular complexity index is 917. The average molecular weight is 426 g/mol. The summed E-state index contributed by atoms with van der Waals surface area (Å²) in [6.45, 7) is 4.17. The molecule has 4 saturated carbocycles. The van der Waals surface area contributed by atoms with Gasteiger partial charge in [-0.25, -0.2) is 0 Å². The molecule has 2 N–H and O–H groups in total. The molecule has 31 heavy (non-hydrogen) atoms. The van der Waals surface area contributed by atoms with Gasteiger partial charge < -0.3 is 10.2 Å². The highest BCUT2D eigenvalue weighted by Gasteiger charge is 2.65. The second kappa shape index (κ2) is 7.15. The third kappa shape index (κ3) is 3.19. The third-order valence-electron chi connectivity index (χ3n) is 9.92. The summed E-state index contributed by atoms with van der Waals surface area (Å²) in [6.07, 6.45) is 11.7. The van der Waals surface area contributed by atoms with Crippen molar-refractivity contribution in [3.63, 3.8) is 0 Å². The number of nitriles is 1. The van der Waals surface area contributed by atoms with Crippen LogP contribution in [0, 0.1) is 46.3 Å². The lowest BCUT2D eigenvalue weighted by Crippen LogP contribution is -2.57. The molecule has 0 amide bonds. The monoisotopic (exact) mass is 425 g/mol. The predicted molar refractivity (Wildman–Crippen MR) is 115 cm³/mol. The summed E-state index contributed by atoms with van der Waals surface area (Å²) in [5.41, 5.74) is -1.77. The molecule has 0 unspecified atom stereocenters. The van der Waals surface area contributed by atoms with Crippen molar-refractivity contribution in [2.45, 2.75) is 89.4 Å². The van der Waals surface area contributed by atoms with Crippen molar-refractivity contribution in [1.29, 1.82) is 5.26 Å². The number of aromatic nitrogens is 2. The third-order valence-corrected chi connectivity index (χ3v) is 9.92. The fourth-order valence-corrected chi connectivity index (χ4v) is 8.34. The average Bonchev–Trinajstić information content (AvgIpc) is 3.29. The molecule has 168 valence electrons. The van der Waals surface area contributed by atoms with E-state index in [9.17, 15) is 15.0 Å². The Labute approximate surface area is 184 Å². The lowest BCUT2D eigenvalue weighted by molar-refractivity contribution is -0.165. The Balaban J connectivity index is 1.35. The van der Waals surface area contributed by atoms with Gasteiger partial charge in [0.05, 0.1) is 17.4 Å².